The third-order valence-corrected chi connectivity index (χ3v) is 1.33. The van der Waals surface area contributed by atoms with Gasteiger partial charge in [0.15, 0.2) is 0 Å². The molecule has 52 valence electrons. The molecule has 1 atom stereocenters. The van der Waals surface area contributed by atoms with Crippen molar-refractivity contribution in [2.45, 2.75) is 6.23 Å². The fraction of sp³-hybridized carbons (Fsp3) is 0.800. The van der Waals surface area contributed by atoms with E-state index in [4.69, 9.17) is 9.84 Å². The molecule has 4 nitrogen and oxygen atoms in total. The molecule has 0 bridgehead atoms. The first-order chi connectivity index (χ1) is 4.22. The molecule has 0 aromatic rings. The van der Waals surface area contributed by atoms with Gasteiger partial charge in [-0.25, -0.2) is 4.79 Å². The molecule has 1 heterocycles. The number of rotatable bonds is 1. The molecule has 0 radical (unpaired) electrons. The zero-order chi connectivity index (χ0) is 6.85. The van der Waals surface area contributed by atoms with Crippen LogP contribution in [0.4, 0.5) is 0 Å². The quantitative estimate of drug-likeness (QED) is 0.514. The van der Waals surface area contributed by atoms with Gasteiger partial charge in [0.2, 0.25) is 6.23 Å². The van der Waals surface area contributed by atoms with Crippen molar-refractivity contribution >= 4 is 5.97 Å². The molecule has 0 aromatic carbocycles. The van der Waals surface area contributed by atoms with Crippen LogP contribution < -0.4 is 0 Å². The number of likely N-dealkylation sites (N-methyl/N-ethyl adjacent to an activating group) is 1. The summed E-state index contributed by atoms with van der Waals surface area (Å²) < 4.78 is 4.85. The second-order valence-electron chi connectivity index (χ2n) is 2.04. The van der Waals surface area contributed by atoms with E-state index in [1.807, 2.05) is 0 Å². The number of ether oxygens (including phenoxy) is 1. The second kappa shape index (κ2) is 2.33. The van der Waals surface area contributed by atoms with Gasteiger partial charge in [-0.2, -0.15) is 0 Å². The molecule has 1 N–H and O–H groups in total. The number of carbonyl (C=O) groups is 1. The van der Waals surface area contributed by atoms with Crippen LogP contribution in [0.1, 0.15) is 0 Å². The van der Waals surface area contributed by atoms with E-state index in [2.05, 4.69) is 0 Å². The summed E-state index contributed by atoms with van der Waals surface area (Å²) in [4.78, 5) is 11.9. The molecule has 1 rings (SSSR count). The zero-order valence-electron chi connectivity index (χ0n) is 5.20. The summed E-state index contributed by atoms with van der Waals surface area (Å²) in [6, 6.07) is 0. The predicted octanol–water partition coefficient (Wildman–Crippen LogP) is -0.641. The van der Waals surface area contributed by atoms with Gasteiger partial charge in [-0.15, -0.1) is 0 Å². The predicted molar refractivity (Wildman–Crippen MR) is 30.0 cm³/mol. The number of carboxylic acid groups (broad SMARTS) is 1. The molecule has 1 saturated heterocycles. The lowest BCUT2D eigenvalue weighted by Gasteiger charge is -2.11. The molecule has 1 aliphatic rings. The van der Waals surface area contributed by atoms with Crippen molar-refractivity contribution in [2.24, 2.45) is 0 Å². The first-order valence-corrected chi connectivity index (χ1v) is 2.76. The van der Waals surface area contributed by atoms with Crippen molar-refractivity contribution in [1.82, 2.24) is 4.90 Å². The average molecular weight is 131 g/mol. The Kier molecular flexibility index (Phi) is 1.68. The van der Waals surface area contributed by atoms with Crippen LogP contribution in [0.5, 0.6) is 0 Å². The molecule has 4 heteroatoms. The van der Waals surface area contributed by atoms with Crippen LogP contribution in [0, 0.1) is 0 Å². The van der Waals surface area contributed by atoms with E-state index in [0.717, 1.165) is 0 Å². The standard InChI is InChI=1S/C5H9NO3/c1-6-2-3-9-4(6)5(7)8/h4H,2-3H2,1H3,(H,7,8)/t4-/m0/s1. The van der Waals surface area contributed by atoms with Crippen LogP contribution in [0.25, 0.3) is 0 Å². The minimum atomic E-state index is -0.907. The first-order valence-electron chi connectivity index (χ1n) is 2.76. The minimum absolute atomic E-state index is 0.521. The van der Waals surface area contributed by atoms with Gasteiger partial charge in [0, 0.05) is 6.54 Å². The summed E-state index contributed by atoms with van der Waals surface area (Å²) >= 11 is 0. The molecule has 0 aliphatic carbocycles. The fourth-order valence-electron chi connectivity index (χ4n) is 0.813. The molecule has 0 aromatic heterocycles. The fourth-order valence-corrected chi connectivity index (χ4v) is 0.813. The van der Waals surface area contributed by atoms with E-state index >= 15 is 0 Å². The van der Waals surface area contributed by atoms with Gasteiger partial charge in [0.05, 0.1) is 6.61 Å². The van der Waals surface area contributed by atoms with Crippen LogP contribution in [-0.4, -0.2) is 42.4 Å². The Morgan fingerprint density at radius 2 is 2.56 bits per heavy atom. The lowest BCUT2D eigenvalue weighted by atomic mass is 10.5. The van der Waals surface area contributed by atoms with E-state index in [1.54, 1.807) is 11.9 Å². The Bertz CT molecular complexity index is 125. The van der Waals surface area contributed by atoms with E-state index in [9.17, 15) is 4.79 Å². The number of aliphatic carboxylic acids is 1. The van der Waals surface area contributed by atoms with Crippen molar-refractivity contribution < 1.29 is 14.6 Å². The zero-order valence-corrected chi connectivity index (χ0v) is 5.20. The SMILES string of the molecule is CN1CCO[C@H]1C(=O)O. The van der Waals surface area contributed by atoms with Crippen molar-refractivity contribution in [1.29, 1.82) is 0 Å². The van der Waals surface area contributed by atoms with E-state index < -0.39 is 12.2 Å². The Morgan fingerprint density at radius 1 is 1.89 bits per heavy atom. The highest BCUT2D eigenvalue weighted by Crippen LogP contribution is 2.05. The van der Waals surface area contributed by atoms with Crippen molar-refractivity contribution in [3.63, 3.8) is 0 Å². The maximum atomic E-state index is 10.2. The minimum Gasteiger partial charge on any atom is -0.478 e. The normalized spacial score (nSPS) is 28.8. The van der Waals surface area contributed by atoms with Crippen molar-refractivity contribution in [3.8, 4) is 0 Å². The van der Waals surface area contributed by atoms with Gasteiger partial charge >= 0.3 is 5.97 Å². The molecular weight excluding hydrogens is 122 g/mol. The Hall–Kier alpha value is -0.610. The Morgan fingerprint density at radius 3 is 2.78 bits per heavy atom. The number of carboxylic acids is 1. The largest absolute Gasteiger partial charge is 0.478 e. The van der Waals surface area contributed by atoms with Crippen LogP contribution in [-0.2, 0) is 9.53 Å². The molecule has 1 aliphatic heterocycles. The lowest BCUT2D eigenvalue weighted by molar-refractivity contribution is -0.153. The van der Waals surface area contributed by atoms with Gasteiger partial charge < -0.3 is 9.84 Å². The highest BCUT2D eigenvalue weighted by atomic mass is 16.5. The van der Waals surface area contributed by atoms with Crippen LogP contribution in [0.2, 0.25) is 0 Å². The maximum Gasteiger partial charge on any atom is 0.348 e. The summed E-state index contributed by atoms with van der Waals surface area (Å²) in [6.45, 7) is 1.23. The van der Waals surface area contributed by atoms with E-state index in [0.29, 0.717) is 13.2 Å². The average Bonchev–Trinajstić information content (AvgIpc) is 2.13. The maximum absolute atomic E-state index is 10.2. The highest BCUT2D eigenvalue weighted by Gasteiger charge is 2.27. The van der Waals surface area contributed by atoms with Gasteiger partial charge in [0.1, 0.15) is 0 Å². The smallest absolute Gasteiger partial charge is 0.348 e. The van der Waals surface area contributed by atoms with Crippen LogP contribution in [0.15, 0.2) is 0 Å². The molecule has 9 heavy (non-hydrogen) atoms. The number of hydrogen-bond acceptors (Lipinski definition) is 3. The van der Waals surface area contributed by atoms with Crippen LogP contribution in [0.3, 0.4) is 0 Å². The highest BCUT2D eigenvalue weighted by molar-refractivity contribution is 5.72. The van der Waals surface area contributed by atoms with Gasteiger partial charge in [0.25, 0.3) is 0 Å². The third-order valence-electron chi connectivity index (χ3n) is 1.33. The Labute approximate surface area is 53.0 Å². The lowest BCUT2D eigenvalue weighted by Crippen LogP contribution is -2.33. The third kappa shape index (κ3) is 1.20. The summed E-state index contributed by atoms with van der Waals surface area (Å²) in [5, 5.41) is 8.42. The summed E-state index contributed by atoms with van der Waals surface area (Å²) in [5.74, 6) is -0.907. The van der Waals surface area contributed by atoms with E-state index in [-0.39, 0.29) is 0 Å². The van der Waals surface area contributed by atoms with Gasteiger partial charge in [-0.3, -0.25) is 4.90 Å². The number of nitrogens with zero attached hydrogens (tertiary/aromatic N) is 1. The summed E-state index contributed by atoms with van der Waals surface area (Å²) in [5.41, 5.74) is 0. The molecular formula is C5H9NO3. The van der Waals surface area contributed by atoms with E-state index in [1.165, 1.54) is 0 Å². The summed E-state index contributed by atoms with van der Waals surface area (Å²) in [6.07, 6.45) is -0.718. The van der Waals surface area contributed by atoms with Gasteiger partial charge in [-0.05, 0) is 7.05 Å². The monoisotopic (exact) mass is 131 g/mol. The topological polar surface area (TPSA) is 49.8 Å². The Balaban J connectivity index is 2.49. The molecule has 0 saturated carbocycles. The molecule has 0 amide bonds. The van der Waals surface area contributed by atoms with Crippen molar-refractivity contribution in [3.05, 3.63) is 0 Å². The summed E-state index contributed by atoms with van der Waals surface area (Å²) in [7, 11) is 1.73. The van der Waals surface area contributed by atoms with Crippen molar-refractivity contribution in [2.75, 3.05) is 20.2 Å². The molecule has 1 fully saturated rings. The molecule has 0 spiro atoms. The first kappa shape index (κ1) is 6.51. The number of hydrogen-bond donors (Lipinski definition) is 1. The van der Waals surface area contributed by atoms with Crippen LogP contribution >= 0.6 is 0 Å². The second-order valence-corrected chi connectivity index (χ2v) is 2.04. The van der Waals surface area contributed by atoms with Gasteiger partial charge in [-0.1, -0.05) is 0 Å². The molecule has 0 unspecified atom stereocenters.